The minimum atomic E-state index is -0.372. The van der Waals surface area contributed by atoms with Gasteiger partial charge in [-0.05, 0) is 36.8 Å². The molecule has 0 fully saturated rings. The summed E-state index contributed by atoms with van der Waals surface area (Å²) in [5.41, 5.74) is 2.62. The number of rotatable bonds is 3. The van der Waals surface area contributed by atoms with Crippen LogP contribution in [0.5, 0.6) is 5.75 Å². The Labute approximate surface area is 158 Å². The standard InChI is InChI=1S/C20H15N3O3S/c1-12-4-3-5-15(10-12)18-21-20-23(22-18)19(25)17(27-20)11-14-6-8-16(9-7-14)26-13(2)24/h3-11H,1-2H3/b17-11-. The maximum absolute atomic E-state index is 12.6. The molecule has 0 aliphatic carbocycles. The SMILES string of the molecule is CC(=O)Oc1ccc(/C=c2\sc3nc(-c4cccc(C)c4)nn3c2=O)cc1. The van der Waals surface area contributed by atoms with E-state index >= 15 is 0 Å². The van der Waals surface area contributed by atoms with E-state index in [0.29, 0.717) is 21.1 Å². The van der Waals surface area contributed by atoms with E-state index in [1.165, 1.54) is 22.8 Å². The Balaban J connectivity index is 1.70. The number of aromatic nitrogens is 3. The van der Waals surface area contributed by atoms with Gasteiger partial charge in [0.05, 0.1) is 4.53 Å². The molecule has 0 spiro atoms. The molecule has 0 amide bonds. The minimum absolute atomic E-state index is 0.203. The molecule has 2 heterocycles. The molecule has 27 heavy (non-hydrogen) atoms. The molecule has 134 valence electrons. The number of ether oxygens (including phenoxy) is 1. The van der Waals surface area contributed by atoms with Crippen molar-refractivity contribution in [2.24, 2.45) is 0 Å². The van der Waals surface area contributed by atoms with E-state index in [-0.39, 0.29) is 11.5 Å². The first-order valence-corrected chi connectivity index (χ1v) is 9.08. The molecule has 0 unspecified atom stereocenters. The summed E-state index contributed by atoms with van der Waals surface area (Å²) >= 11 is 1.29. The number of esters is 1. The van der Waals surface area contributed by atoms with Gasteiger partial charge in [0.1, 0.15) is 5.75 Å². The van der Waals surface area contributed by atoms with Crippen LogP contribution in [0, 0.1) is 6.92 Å². The molecule has 7 heteroatoms. The monoisotopic (exact) mass is 377 g/mol. The molecule has 0 saturated heterocycles. The van der Waals surface area contributed by atoms with E-state index < -0.39 is 0 Å². The number of nitrogens with zero attached hydrogens (tertiary/aromatic N) is 3. The minimum Gasteiger partial charge on any atom is -0.427 e. The number of fused-ring (bicyclic) bond motifs is 1. The summed E-state index contributed by atoms with van der Waals surface area (Å²) in [6.45, 7) is 3.35. The number of thiazole rings is 1. The first kappa shape index (κ1) is 17.1. The van der Waals surface area contributed by atoms with E-state index in [4.69, 9.17) is 4.74 Å². The highest BCUT2D eigenvalue weighted by atomic mass is 32.1. The van der Waals surface area contributed by atoms with Crippen molar-refractivity contribution >= 4 is 28.3 Å². The maximum atomic E-state index is 12.6. The predicted octanol–water partition coefficient (Wildman–Crippen LogP) is 2.60. The van der Waals surface area contributed by atoms with E-state index in [9.17, 15) is 9.59 Å². The molecule has 0 atom stereocenters. The van der Waals surface area contributed by atoms with Gasteiger partial charge >= 0.3 is 5.97 Å². The topological polar surface area (TPSA) is 73.6 Å². The van der Waals surface area contributed by atoms with E-state index in [2.05, 4.69) is 10.1 Å². The smallest absolute Gasteiger partial charge is 0.308 e. The number of carbonyl (C=O) groups excluding carboxylic acids is 1. The second kappa shape index (κ2) is 6.77. The molecule has 4 aromatic rings. The fraction of sp³-hybridized carbons (Fsp3) is 0.100. The third-order valence-electron chi connectivity index (χ3n) is 3.90. The second-order valence-corrected chi connectivity index (χ2v) is 7.09. The number of carbonyl (C=O) groups is 1. The summed E-state index contributed by atoms with van der Waals surface area (Å²) < 4.78 is 6.88. The highest BCUT2D eigenvalue weighted by molar-refractivity contribution is 7.15. The average Bonchev–Trinajstić information content (AvgIpc) is 3.16. The third kappa shape index (κ3) is 3.50. The van der Waals surface area contributed by atoms with Crippen LogP contribution in [0.4, 0.5) is 0 Å². The largest absolute Gasteiger partial charge is 0.427 e. The molecule has 0 N–H and O–H groups in total. The van der Waals surface area contributed by atoms with Crippen molar-refractivity contribution in [1.29, 1.82) is 0 Å². The average molecular weight is 377 g/mol. The van der Waals surface area contributed by atoms with Gasteiger partial charge in [-0.3, -0.25) is 9.59 Å². The molecule has 2 aromatic carbocycles. The Hall–Kier alpha value is -3.32. The molecule has 0 aliphatic rings. The van der Waals surface area contributed by atoms with Crippen LogP contribution in [0.25, 0.3) is 22.4 Å². The van der Waals surface area contributed by atoms with Crippen LogP contribution in [0.1, 0.15) is 18.1 Å². The van der Waals surface area contributed by atoms with Gasteiger partial charge in [0.25, 0.3) is 5.56 Å². The number of hydrogen-bond donors (Lipinski definition) is 0. The summed E-state index contributed by atoms with van der Waals surface area (Å²) in [5, 5.41) is 4.36. The van der Waals surface area contributed by atoms with Gasteiger partial charge in [0.15, 0.2) is 5.82 Å². The maximum Gasteiger partial charge on any atom is 0.308 e. The summed E-state index contributed by atoms with van der Waals surface area (Å²) in [6, 6.07) is 14.8. The fourth-order valence-corrected chi connectivity index (χ4v) is 3.60. The van der Waals surface area contributed by atoms with Crippen LogP contribution in [-0.2, 0) is 4.79 Å². The van der Waals surface area contributed by atoms with Crippen LogP contribution in [0.15, 0.2) is 53.3 Å². The molecule has 0 aliphatic heterocycles. The van der Waals surface area contributed by atoms with Gasteiger partial charge in [-0.1, -0.05) is 47.2 Å². The molecular formula is C20H15N3O3S. The second-order valence-electron chi connectivity index (χ2n) is 6.08. The zero-order chi connectivity index (χ0) is 19.0. The lowest BCUT2D eigenvalue weighted by Crippen LogP contribution is -2.23. The van der Waals surface area contributed by atoms with Crippen LogP contribution >= 0.6 is 11.3 Å². The summed E-state index contributed by atoms with van der Waals surface area (Å²) in [6.07, 6.45) is 1.77. The Morgan fingerprint density at radius 2 is 1.96 bits per heavy atom. The lowest BCUT2D eigenvalue weighted by Gasteiger charge is -2.00. The molecule has 4 rings (SSSR count). The van der Waals surface area contributed by atoms with Gasteiger partial charge in [0, 0.05) is 12.5 Å². The number of hydrogen-bond acceptors (Lipinski definition) is 6. The molecule has 6 nitrogen and oxygen atoms in total. The summed E-state index contributed by atoms with van der Waals surface area (Å²) in [4.78, 5) is 28.6. The fourth-order valence-electron chi connectivity index (χ4n) is 2.69. The van der Waals surface area contributed by atoms with E-state index in [0.717, 1.165) is 16.7 Å². The van der Waals surface area contributed by atoms with E-state index in [1.54, 1.807) is 30.3 Å². The highest BCUT2D eigenvalue weighted by Gasteiger charge is 2.12. The summed E-state index contributed by atoms with van der Waals surface area (Å²) in [5.74, 6) is 0.635. The first-order valence-electron chi connectivity index (χ1n) is 8.26. The Morgan fingerprint density at radius 3 is 2.63 bits per heavy atom. The zero-order valence-electron chi connectivity index (χ0n) is 14.7. The van der Waals surface area contributed by atoms with Crippen LogP contribution in [0.2, 0.25) is 0 Å². The van der Waals surface area contributed by atoms with Crippen LogP contribution in [0.3, 0.4) is 0 Å². The molecule has 0 bridgehead atoms. The van der Waals surface area contributed by atoms with Crippen molar-refractivity contribution in [2.75, 3.05) is 0 Å². The van der Waals surface area contributed by atoms with Gasteiger partial charge in [0.2, 0.25) is 4.96 Å². The van der Waals surface area contributed by atoms with Crippen molar-refractivity contribution in [3.05, 3.63) is 74.5 Å². The van der Waals surface area contributed by atoms with Crippen LogP contribution in [-0.4, -0.2) is 20.6 Å². The van der Waals surface area contributed by atoms with E-state index in [1.807, 2.05) is 31.2 Å². The highest BCUT2D eigenvalue weighted by Crippen LogP contribution is 2.18. The Kier molecular flexibility index (Phi) is 4.29. The Morgan fingerprint density at radius 1 is 1.19 bits per heavy atom. The zero-order valence-corrected chi connectivity index (χ0v) is 15.5. The van der Waals surface area contributed by atoms with Gasteiger partial charge in [-0.2, -0.15) is 9.50 Å². The molecule has 0 radical (unpaired) electrons. The van der Waals surface area contributed by atoms with Gasteiger partial charge < -0.3 is 4.74 Å². The lowest BCUT2D eigenvalue weighted by atomic mass is 10.1. The molecule has 2 aromatic heterocycles. The van der Waals surface area contributed by atoms with Crippen molar-refractivity contribution in [2.45, 2.75) is 13.8 Å². The van der Waals surface area contributed by atoms with Gasteiger partial charge in [-0.15, -0.1) is 5.10 Å². The van der Waals surface area contributed by atoms with Gasteiger partial charge in [-0.25, -0.2) is 0 Å². The Bertz CT molecular complexity index is 1260. The lowest BCUT2D eigenvalue weighted by molar-refractivity contribution is -0.131. The number of aryl methyl sites for hydroxylation is 1. The first-order chi connectivity index (χ1) is 13.0. The quantitative estimate of drug-likeness (QED) is 0.405. The number of benzene rings is 2. The normalized spacial score (nSPS) is 11.9. The summed E-state index contributed by atoms with van der Waals surface area (Å²) in [7, 11) is 0. The van der Waals surface area contributed by atoms with Crippen molar-refractivity contribution < 1.29 is 9.53 Å². The third-order valence-corrected chi connectivity index (χ3v) is 4.86. The van der Waals surface area contributed by atoms with Crippen LogP contribution < -0.4 is 14.8 Å². The molecule has 0 saturated carbocycles. The molecular weight excluding hydrogens is 362 g/mol. The van der Waals surface area contributed by atoms with Crippen molar-refractivity contribution in [1.82, 2.24) is 14.6 Å². The van der Waals surface area contributed by atoms with Crippen molar-refractivity contribution in [3.63, 3.8) is 0 Å². The van der Waals surface area contributed by atoms with Crippen molar-refractivity contribution in [3.8, 4) is 17.1 Å². The predicted molar refractivity (Wildman–Crippen MR) is 104 cm³/mol.